The fraction of sp³-hybridized carbons (Fsp3) is 0.167. The second-order valence-corrected chi connectivity index (χ2v) is 3.35. The second kappa shape index (κ2) is 5.32. The van der Waals surface area contributed by atoms with E-state index in [0.717, 1.165) is 6.07 Å². The van der Waals surface area contributed by atoms with Crippen molar-refractivity contribution in [3.8, 4) is 5.75 Å². The van der Waals surface area contributed by atoms with Crippen molar-refractivity contribution in [1.29, 1.82) is 0 Å². The molecule has 84 valence electrons. The Morgan fingerprint density at radius 1 is 1.38 bits per heavy atom. The molecule has 0 N–H and O–H groups in total. The van der Waals surface area contributed by atoms with Gasteiger partial charge in [-0.3, -0.25) is 4.98 Å². The van der Waals surface area contributed by atoms with Crippen LogP contribution in [0.3, 0.4) is 0 Å². The average Bonchev–Trinajstić information content (AvgIpc) is 1.99. The monoisotopic (exact) mass is 265 g/mol. The van der Waals surface area contributed by atoms with Crippen LogP contribution in [0.1, 0.15) is 5.69 Å². The molecule has 1 aromatic heterocycles. The summed E-state index contributed by atoms with van der Waals surface area (Å²) in [4.78, 5) is 2.94. The van der Waals surface area contributed by atoms with Crippen LogP contribution in [0.25, 0.3) is 0 Å². The van der Waals surface area contributed by atoms with Crippen molar-refractivity contribution in [2.75, 3.05) is 0 Å². The number of hydrogen-bond acceptors (Lipinski definition) is 5. The summed E-state index contributed by atoms with van der Waals surface area (Å²) in [5, 5.41) is 0. The number of nitrogens with zero attached hydrogens (tertiary/aromatic N) is 1. The van der Waals surface area contributed by atoms with Crippen molar-refractivity contribution in [2.45, 2.75) is 6.18 Å². The van der Waals surface area contributed by atoms with Gasteiger partial charge >= 0.3 is 35.7 Å². The molecule has 16 heavy (non-hydrogen) atoms. The van der Waals surface area contributed by atoms with Gasteiger partial charge in [0.15, 0.2) is 0 Å². The molecule has 0 aliphatic heterocycles. The Bertz CT molecular complexity index is 461. The Morgan fingerprint density at radius 3 is 2.38 bits per heavy atom. The zero-order valence-corrected chi connectivity index (χ0v) is 10.7. The molecule has 0 aliphatic carbocycles. The maximum Gasteiger partial charge on any atom is 1.00 e. The number of rotatable bonds is 2. The summed E-state index contributed by atoms with van der Waals surface area (Å²) in [6.07, 6.45) is -4.05. The Kier molecular flexibility index (Phi) is 5.20. The Morgan fingerprint density at radius 2 is 1.94 bits per heavy atom. The molecule has 0 saturated heterocycles. The third-order valence-electron chi connectivity index (χ3n) is 1.22. The van der Waals surface area contributed by atoms with Crippen molar-refractivity contribution < 1.29 is 59.9 Å². The van der Waals surface area contributed by atoms with Gasteiger partial charge in [0, 0.05) is 18.3 Å². The van der Waals surface area contributed by atoms with Gasteiger partial charge in [-0.05, 0) is 0 Å². The molecule has 1 heterocycles. The molecule has 0 aliphatic rings. The largest absolute Gasteiger partial charge is 1.00 e. The summed E-state index contributed by atoms with van der Waals surface area (Å²) in [5.74, 6) is -0.729. The van der Waals surface area contributed by atoms with Crippen molar-refractivity contribution in [3.05, 3.63) is 24.0 Å². The van der Waals surface area contributed by atoms with Crippen molar-refractivity contribution >= 4 is 10.4 Å². The van der Waals surface area contributed by atoms with E-state index in [0.29, 0.717) is 12.3 Å². The predicted molar refractivity (Wildman–Crippen MR) is 39.6 cm³/mol. The first-order chi connectivity index (χ1) is 6.68. The SMILES string of the molecule is O=S(=O)([O-])Oc1ccnc(C(F)(F)F)c1.[Na+]. The van der Waals surface area contributed by atoms with Crippen molar-refractivity contribution in [2.24, 2.45) is 0 Å². The number of aromatic nitrogens is 1. The topological polar surface area (TPSA) is 79.3 Å². The second-order valence-electron chi connectivity index (χ2n) is 2.37. The molecule has 0 fully saturated rings. The Balaban J connectivity index is 0.00000225. The third-order valence-corrected chi connectivity index (χ3v) is 1.62. The Hall–Kier alpha value is -0.350. The van der Waals surface area contributed by atoms with Gasteiger partial charge < -0.3 is 8.74 Å². The van der Waals surface area contributed by atoms with E-state index in [9.17, 15) is 26.1 Å². The molecule has 0 unspecified atom stereocenters. The van der Waals surface area contributed by atoms with E-state index in [2.05, 4.69) is 9.17 Å². The van der Waals surface area contributed by atoms with Gasteiger partial charge in [0.2, 0.25) is 0 Å². The van der Waals surface area contributed by atoms with E-state index in [-0.39, 0.29) is 29.6 Å². The van der Waals surface area contributed by atoms with E-state index >= 15 is 0 Å². The maximum absolute atomic E-state index is 12.1. The van der Waals surface area contributed by atoms with Crippen molar-refractivity contribution in [1.82, 2.24) is 4.98 Å². The van der Waals surface area contributed by atoms with E-state index in [1.54, 1.807) is 0 Å². The maximum atomic E-state index is 12.1. The first-order valence-electron chi connectivity index (χ1n) is 3.37. The number of pyridine rings is 1. The molecule has 5 nitrogen and oxygen atoms in total. The molecule has 0 saturated carbocycles. The minimum atomic E-state index is -5.08. The first-order valence-corrected chi connectivity index (χ1v) is 4.70. The van der Waals surface area contributed by atoms with Crippen LogP contribution in [0.2, 0.25) is 0 Å². The third kappa shape index (κ3) is 5.12. The molecular formula is C6H3F3NNaO4S. The summed E-state index contributed by atoms with van der Waals surface area (Å²) in [7, 11) is -5.08. The van der Waals surface area contributed by atoms with Gasteiger partial charge in [-0.1, -0.05) is 0 Å². The van der Waals surface area contributed by atoms with E-state index in [1.165, 1.54) is 0 Å². The summed E-state index contributed by atoms with van der Waals surface area (Å²) in [6, 6.07) is 1.14. The summed E-state index contributed by atoms with van der Waals surface area (Å²) in [5.41, 5.74) is -1.34. The van der Waals surface area contributed by atoms with Crippen LogP contribution in [0.15, 0.2) is 18.3 Å². The summed E-state index contributed by atoms with van der Waals surface area (Å²) in [6.45, 7) is 0. The van der Waals surface area contributed by atoms with Gasteiger partial charge in [-0.15, -0.1) is 0 Å². The fourth-order valence-corrected chi connectivity index (χ4v) is 1.08. The van der Waals surface area contributed by atoms with Crippen LogP contribution in [0.5, 0.6) is 5.75 Å². The smallest absolute Gasteiger partial charge is 0.716 e. The molecular weight excluding hydrogens is 262 g/mol. The molecule has 10 heteroatoms. The minimum absolute atomic E-state index is 0. The number of alkyl halides is 3. The van der Waals surface area contributed by atoms with E-state index in [4.69, 9.17) is 0 Å². The van der Waals surface area contributed by atoms with Gasteiger partial charge in [-0.2, -0.15) is 13.2 Å². The molecule has 0 spiro atoms. The average molecular weight is 265 g/mol. The molecule has 0 atom stereocenters. The molecule has 0 amide bonds. The molecule has 1 aromatic rings. The van der Waals surface area contributed by atoms with Crippen LogP contribution in [-0.4, -0.2) is 18.0 Å². The van der Waals surface area contributed by atoms with Crippen LogP contribution in [0.4, 0.5) is 13.2 Å². The quantitative estimate of drug-likeness (QED) is 0.349. The van der Waals surface area contributed by atoms with Crippen LogP contribution in [0, 0.1) is 0 Å². The van der Waals surface area contributed by atoms with E-state index in [1.807, 2.05) is 0 Å². The zero-order chi connectivity index (χ0) is 11.7. The van der Waals surface area contributed by atoms with Crippen LogP contribution >= 0.6 is 0 Å². The normalized spacial score (nSPS) is 11.8. The van der Waals surface area contributed by atoms with Crippen molar-refractivity contribution in [3.63, 3.8) is 0 Å². The van der Waals surface area contributed by atoms with Gasteiger partial charge in [0.25, 0.3) is 10.4 Å². The first kappa shape index (κ1) is 15.6. The molecule has 0 bridgehead atoms. The number of hydrogen-bond donors (Lipinski definition) is 0. The predicted octanol–water partition coefficient (Wildman–Crippen LogP) is -2.06. The fourth-order valence-electron chi connectivity index (χ4n) is 0.736. The summed E-state index contributed by atoms with van der Waals surface area (Å²) >= 11 is 0. The summed E-state index contributed by atoms with van der Waals surface area (Å²) < 4.78 is 70.1. The van der Waals surface area contributed by atoms with Crippen LogP contribution in [-0.2, 0) is 16.6 Å². The number of halogens is 3. The van der Waals surface area contributed by atoms with Crippen LogP contribution < -0.4 is 33.7 Å². The van der Waals surface area contributed by atoms with Gasteiger partial charge in [0.05, 0.1) is 0 Å². The standard InChI is InChI=1S/C6H4F3NO4S.Na/c7-6(8,9)5-3-4(1-2-10-5)14-15(11,12)13;/h1-3H,(H,11,12,13);/q;+1/p-1. The Labute approximate surface area is 111 Å². The van der Waals surface area contributed by atoms with Gasteiger partial charge in [0.1, 0.15) is 11.4 Å². The molecule has 0 radical (unpaired) electrons. The zero-order valence-electron chi connectivity index (χ0n) is 7.85. The van der Waals surface area contributed by atoms with E-state index < -0.39 is 28.0 Å². The molecule has 0 aromatic carbocycles. The minimum Gasteiger partial charge on any atom is -0.716 e. The van der Waals surface area contributed by atoms with Gasteiger partial charge in [-0.25, -0.2) is 8.42 Å². The molecule has 1 rings (SSSR count).